The van der Waals surface area contributed by atoms with Gasteiger partial charge in [-0.05, 0) is 42.3 Å². The summed E-state index contributed by atoms with van der Waals surface area (Å²) in [7, 11) is 0. The van der Waals surface area contributed by atoms with Gasteiger partial charge in [0.1, 0.15) is 5.82 Å². The van der Waals surface area contributed by atoms with Gasteiger partial charge in [-0.15, -0.1) is 24.0 Å². The first-order valence-corrected chi connectivity index (χ1v) is 6.62. The predicted molar refractivity (Wildman–Crippen MR) is 98.1 cm³/mol. The Kier molecular flexibility index (Phi) is 7.26. The average molecular weight is 415 g/mol. The fourth-order valence-corrected chi connectivity index (χ4v) is 1.89. The minimum absolute atomic E-state index is 0. The van der Waals surface area contributed by atoms with Gasteiger partial charge in [0, 0.05) is 5.69 Å². The van der Waals surface area contributed by atoms with Crippen molar-refractivity contribution >= 4 is 35.6 Å². The van der Waals surface area contributed by atoms with Crippen LogP contribution in [0.1, 0.15) is 17.2 Å². The third kappa shape index (κ3) is 5.61. The largest absolute Gasteiger partial charge is 0.386 e. The van der Waals surface area contributed by atoms with Crippen LogP contribution in [0.4, 0.5) is 10.1 Å². The number of hydrogen-bond acceptors (Lipinski definition) is 2. The zero-order valence-corrected chi connectivity index (χ0v) is 14.5. The van der Waals surface area contributed by atoms with E-state index >= 15 is 0 Å². The highest BCUT2D eigenvalue weighted by molar-refractivity contribution is 14.0. The number of aryl methyl sites for hydroxylation is 1. The third-order valence-electron chi connectivity index (χ3n) is 2.98. The van der Waals surface area contributed by atoms with Crippen molar-refractivity contribution in [1.29, 1.82) is 0 Å². The van der Waals surface area contributed by atoms with Gasteiger partial charge >= 0.3 is 0 Å². The summed E-state index contributed by atoms with van der Waals surface area (Å²) in [4.78, 5) is 4.09. The standard InChI is InChI=1S/C16H18FN3O.HI/c1-11-3-2-4-14(9-11)20-16(18)19-10-15(21)12-5-7-13(17)8-6-12;/h2-9,15,21H,10H2,1H3,(H3,18,19,20);1H. The molecule has 0 saturated carbocycles. The van der Waals surface area contributed by atoms with Crippen molar-refractivity contribution in [3.05, 3.63) is 65.5 Å². The number of aliphatic imine (C=N–C) groups is 1. The van der Waals surface area contributed by atoms with Crippen molar-refractivity contribution in [3.63, 3.8) is 0 Å². The molecule has 1 atom stereocenters. The monoisotopic (exact) mass is 415 g/mol. The number of aliphatic hydroxyl groups is 1. The number of nitrogens with two attached hydrogens (primary N) is 1. The van der Waals surface area contributed by atoms with Crippen LogP contribution < -0.4 is 11.1 Å². The molecule has 0 bridgehead atoms. The highest BCUT2D eigenvalue weighted by Crippen LogP contribution is 2.14. The maximum Gasteiger partial charge on any atom is 0.193 e. The van der Waals surface area contributed by atoms with E-state index in [0.717, 1.165) is 11.3 Å². The minimum Gasteiger partial charge on any atom is -0.386 e. The molecule has 22 heavy (non-hydrogen) atoms. The molecule has 0 aliphatic carbocycles. The van der Waals surface area contributed by atoms with Crippen LogP contribution in [0, 0.1) is 12.7 Å². The molecule has 0 heterocycles. The zero-order chi connectivity index (χ0) is 15.2. The molecule has 4 N–H and O–H groups in total. The van der Waals surface area contributed by atoms with Gasteiger partial charge in [0.25, 0.3) is 0 Å². The van der Waals surface area contributed by atoms with Crippen LogP contribution >= 0.6 is 24.0 Å². The minimum atomic E-state index is -0.816. The van der Waals surface area contributed by atoms with Gasteiger partial charge in [-0.1, -0.05) is 24.3 Å². The topological polar surface area (TPSA) is 70.6 Å². The van der Waals surface area contributed by atoms with Gasteiger partial charge < -0.3 is 16.2 Å². The van der Waals surface area contributed by atoms with Crippen molar-refractivity contribution in [2.24, 2.45) is 10.7 Å². The number of rotatable bonds is 4. The second-order valence-corrected chi connectivity index (χ2v) is 4.79. The van der Waals surface area contributed by atoms with E-state index in [1.165, 1.54) is 24.3 Å². The molecule has 0 aliphatic heterocycles. The van der Waals surface area contributed by atoms with Crippen molar-refractivity contribution in [1.82, 2.24) is 0 Å². The van der Waals surface area contributed by atoms with Crippen LogP contribution in [-0.4, -0.2) is 17.6 Å². The van der Waals surface area contributed by atoms with Gasteiger partial charge in [0.15, 0.2) is 5.96 Å². The lowest BCUT2D eigenvalue weighted by Gasteiger charge is -2.10. The molecule has 0 aliphatic rings. The van der Waals surface area contributed by atoms with E-state index in [2.05, 4.69) is 10.3 Å². The van der Waals surface area contributed by atoms with Gasteiger partial charge in [-0.25, -0.2) is 4.39 Å². The predicted octanol–water partition coefficient (Wildman–Crippen LogP) is 3.21. The first kappa shape index (κ1) is 18.4. The number of aliphatic hydroxyl groups excluding tert-OH is 1. The van der Waals surface area contributed by atoms with E-state index in [1.54, 1.807) is 0 Å². The van der Waals surface area contributed by atoms with E-state index in [0.29, 0.717) is 5.56 Å². The molecule has 0 radical (unpaired) electrons. The molecule has 0 spiro atoms. The summed E-state index contributed by atoms with van der Waals surface area (Å²) >= 11 is 0. The second-order valence-electron chi connectivity index (χ2n) is 4.79. The van der Waals surface area contributed by atoms with Crippen molar-refractivity contribution in [3.8, 4) is 0 Å². The molecule has 0 aromatic heterocycles. The molecule has 1 unspecified atom stereocenters. The lowest BCUT2D eigenvalue weighted by Crippen LogP contribution is -2.23. The summed E-state index contributed by atoms with van der Waals surface area (Å²) < 4.78 is 12.8. The lowest BCUT2D eigenvalue weighted by atomic mass is 10.1. The highest BCUT2D eigenvalue weighted by atomic mass is 127. The Labute approximate surface area is 146 Å². The quantitative estimate of drug-likeness (QED) is 0.408. The van der Waals surface area contributed by atoms with Crippen LogP contribution in [0.2, 0.25) is 0 Å². The lowest BCUT2D eigenvalue weighted by molar-refractivity contribution is 0.187. The number of benzene rings is 2. The van der Waals surface area contributed by atoms with Gasteiger partial charge in [0.05, 0.1) is 12.6 Å². The third-order valence-corrected chi connectivity index (χ3v) is 2.98. The van der Waals surface area contributed by atoms with Gasteiger partial charge in [0.2, 0.25) is 0 Å². The molecular formula is C16H19FIN3O. The number of nitrogens with zero attached hydrogens (tertiary/aromatic N) is 1. The highest BCUT2D eigenvalue weighted by Gasteiger charge is 2.07. The molecule has 118 valence electrons. The average Bonchev–Trinajstić information content (AvgIpc) is 2.45. The number of halogens is 2. The van der Waals surface area contributed by atoms with Crippen LogP contribution in [0.5, 0.6) is 0 Å². The second kappa shape index (κ2) is 8.70. The Morgan fingerprint density at radius 2 is 1.95 bits per heavy atom. The molecule has 2 aromatic rings. The smallest absolute Gasteiger partial charge is 0.193 e. The van der Waals surface area contributed by atoms with Crippen LogP contribution in [-0.2, 0) is 0 Å². The summed E-state index contributed by atoms with van der Waals surface area (Å²) in [6, 6.07) is 13.4. The van der Waals surface area contributed by atoms with Crippen molar-refractivity contribution in [2.45, 2.75) is 13.0 Å². The van der Waals surface area contributed by atoms with Crippen LogP contribution in [0.3, 0.4) is 0 Å². The number of anilines is 1. The molecule has 4 nitrogen and oxygen atoms in total. The summed E-state index contributed by atoms with van der Waals surface area (Å²) in [5, 5.41) is 12.9. The number of guanidine groups is 1. The molecule has 0 saturated heterocycles. The Morgan fingerprint density at radius 1 is 1.27 bits per heavy atom. The molecule has 0 amide bonds. The van der Waals surface area contributed by atoms with E-state index in [9.17, 15) is 9.50 Å². The summed E-state index contributed by atoms with van der Waals surface area (Å²) in [6.07, 6.45) is -0.816. The van der Waals surface area contributed by atoms with Crippen LogP contribution in [0.15, 0.2) is 53.5 Å². The first-order chi connectivity index (χ1) is 10.0. The zero-order valence-electron chi connectivity index (χ0n) is 12.2. The maximum absolute atomic E-state index is 12.8. The molecule has 0 fully saturated rings. The van der Waals surface area contributed by atoms with Crippen molar-refractivity contribution in [2.75, 3.05) is 11.9 Å². The maximum atomic E-state index is 12.8. The Morgan fingerprint density at radius 3 is 2.59 bits per heavy atom. The molecule has 2 aromatic carbocycles. The Hall–Kier alpha value is -1.67. The van der Waals surface area contributed by atoms with Gasteiger partial charge in [-0.3, -0.25) is 4.99 Å². The van der Waals surface area contributed by atoms with Gasteiger partial charge in [-0.2, -0.15) is 0 Å². The number of hydrogen-bond donors (Lipinski definition) is 3. The molecule has 2 rings (SSSR count). The van der Waals surface area contributed by atoms with Crippen molar-refractivity contribution < 1.29 is 9.50 Å². The fraction of sp³-hybridized carbons (Fsp3) is 0.188. The SMILES string of the molecule is Cc1cccc(NC(N)=NCC(O)c2ccc(F)cc2)c1.I. The van der Waals surface area contributed by atoms with E-state index in [-0.39, 0.29) is 42.3 Å². The summed E-state index contributed by atoms with van der Waals surface area (Å²) in [6.45, 7) is 2.09. The normalized spacial score (nSPS) is 12.4. The van der Waals surface area contributed by atoms with E-state index in [4.69, 9.17) is 5.73 Å². The Bertz CT molecular complexity index is 632. The summed E-state index contributed by atoms with van der Waals surface area (Å²) in [5.41, 5.74) is 8.33. The van der Waals surface area contributed by atoms with Crippen LogP contribution in [0.25, 0.3) is 0 Å². The molecule has 6 heteroatoms. The van der Waals surface area contributed by atoms with E-state index < -0.39 is 6.10 Å². The Balaban J connectivity index is 0.00000242. The fourth-order valence-electron chi connectivity index (χ4n) is 1.89. The van der Waals surface area contributed by atoms with E-state index in [1.807, 2.05) is 31.2 Å². The first-order valence-electron chi connectivity index (χ1n) is 6.62. The summed E-state index contributed by atoms with van der Waals surface area (Å²) in [5.74, 6) is -0.114. The number of nitrogens with one attached hydrogen (secondary N) is 1. The molecular weight excluding hydrogens is 396 g/mol.